The van der Waals surface area contributed by atoms with Gasteiger partial charge in [-0.15, -0.1) is 0 Å². The minimum Gasteiger partial charge on any atom is -0.342 e. The fourth-order valence-corrected chi connectivity index (χ4v) is 5.57. The predicted octanol–water partition coefficient (Wildman–Crippen LogP) is 6.52. The lowest BCUT2D eigenvalue weighted by molar-refractivity contribution is 1.17. The van der Waals surface area contributed by atoms with Gasteiger partial charge in [0, 0.05) is 46.3 Å². The highest BCUT2D eigenvalue weighted by Gasteiger charge is 2.16. The van der Waals surface area contributed by atoms with Crippen LogP contribution in [0.1, 0.15) is 11.6 Å². The van der Waals surface area contributed by atoms with Crippen molar-refractivity contribution in [2.24, 2.45) is 0 Å². The first-order valence-corrected chi connectivity index (χ1v) is 11.8. The molecule has 0 saturated heterocycles. The number of hydrogen-bond acceptors (Lipinski definition) is 5. The number of rotatable bonds is 1. The van der Waals surface area contributed by atoms with E-state index in [0.717, 1.165) is 82.8 Å². The molecule has 0 spiro atoms. The van der Waals surface area contributed by atoms with Crippen LogP contribution in [-0.2, 0) is 0 Å². The Hall–Kier alpha value is -4.91. The molecule has 4 aromatic heterocycles. The van der Waals surface area contributed by atoms with Crippen LogP contribution in [0.5, 0.6) is 0 Å². The number of nitrogens with one attached hydrogen (secondary N) is 2. The molecule has 0 radical (unpaired) electrons. The van der Waals surface area contributed by atoms with Gasteiger partial charge in [0.25, 0.3) is 0 Å². The molecule has 0 unspecified atom stereocenters. The zero-order valence-corrected chi connectivity index (χ0v) is 19.6. The Labute approximate surface area is 204 Å². The quantitative estimate of drug-likeness (QED) is 0.269. The monoisotopic (exact) mass is 465 g/mol. The van der Waals surface area contributed by atoms with Gasteiger partial charge in [-0.3, -0.25) is 15.0 Å². The summed E-state index contributed by atoms with van der Waals surface area (Å²) in [6.45, 7) is 3.96. The third-order valence-electron chi connectivity index (χ3n) is 7.10. The van der Waals surface area contributed by atoms with E-state index in [0.29, 0.717) is 0 Å². The molecule has 8 rings (SSSR count). The molecule has 7 heteroatoms. The van der Waals surface area contributed by atoms with Gasteiger partial charge in [-0.1, -0.05) is 24.3 Å². The topological polar surface area (TPSA) is 96.0 Å². The van der Waals surface area contributed by atoms with Gasteiger partial charge < -0.3 is 9.97 Å². The minimum absolute atomic E-state index is 0.815. The van der Waals surface area contributed by atoms with E-state index in [4.69, 9.17) is 15.0 Å². The van der Waals surface area contributed by atoms with Crippen molar-refractivity contribution < 1.29 is 0 Å². The maximum absolute atomic E-state index is 4.75. The first-order valence-electron chi connectivity index (χ1n) is 11.8. The summed E-state index contributed by atoms with van der Waals surface area (Å²) in [6.07, 6.45) is 7.22. The Balaban J connectivity index is 1.45. The van der Waals surface area contributed by atoms with Gasteiger partial charge in [-0.05, 0) is 53.9 Å². The number of aromatic amines is 2. The summed E-state index contributed by atoms with van der Waals surface area (Å²) in [5, 5.41) is 6.67. The summed E-state index contributed by atoms with van der Waals surface area (Å²) in [5.74, 6) is 1.76. The van der Waals surface area contributed by atoms with Crippen LogP contribution >= 0.6 is 0 Å². The van der Waals surface area contributed by atoms with Crippen molar-refractivity contribution in [3.63, 3.8) is 0 Å². The van der Waals surface area contributed by atoms with E-state index in [9.17, 15) is 0 Å². The van der Waals surface area contributed by atoms with Gasteiger partial charge >= 0.3 is 0 Å². The van der Waals surface area contributed by atoms with E-state index in [2.05, 4.69) is 62.4 Å². The highest BCUT2D eigenvalue weighted by atomic mass is 14.9. The molecule has 0 aliphatic heterocycles. The predicted molar refractivity (Wildman–Crippen MR) is 144 cm³/mol. The molecule has 8 aromatic rings. The molecule has 0 bridgehead atoms. The Morgan fingerprint density at radius 3 is 1.94 bits per heavy atom. The molecular formula is C29H19N7. The molecule has 4 aromatic carbocycles. The molecule has 0 aliphatic carbocycles. The van der Waals surface area contributed by atoms with E-state index in [1.54, 1.807) is 12.4 Å². The van der Waals surface area contributed by atoms with Crippen LogP contribution < -0.4 is 0 Å². The highest BCUT2D eigenvalue weighted by molar-refractivity contribution is 6.24. The summed E-state index contributed by atoms with van der Waals surface area (Å²) >= 11 is 0. The van der Waals surface area contributed by atoms with Crippen LogP contribution in [0.15, 0.2) is 67.3 Å². The van der Waals surface area contributed by atoms with Gasteiger partial charge in [-0.2, -0.15) is 0 Å². The molecule has 2 N–H and O–H groups in total. The first kappa shape index (κ1) is 19.4. The van der Waals surface area contributed by atoms with Gasteiger partial charge in [0.05, 0.1) is 22.1 Å². The summed E-state index contributed by atoms with van der Waals surface area (Å²) in [4.78, 5) is 30.0. The summed E-state index contributed by atoms with van der Waals surface area (Å²) in [6, 6.07) is 15.3. The van der Waals surface area contributed by atoms with E-state index < -0.39 is 0 Å². The molecular weight excluding hydrogens is 446 g/mol. The van der Waals surface area contributed by atoms with Crippen LogP contribution in [0.3, 0.4) is 0 Å². The second kappa shape index (κ2) is 6.82. The average Bonchev–Trinajstić information content (AvgIpc) is 3.51. The van der Waals surface area contributed by atoms with Crippen molar-refractivity contribution in [1.29, 1.82) is 0 Å². The van der Waals surface area contributed by atoms with Crippen LogP contribution in [0, 0.1) is 13.8 Å². The summed E-state index contributed by atoms with van der Waals surface area (Å²) < 4.78 is 0. The number of aryl methyl sites for hydroxylation is 2. The van der Waals surface area contributed by atoms with Crippen LogP contribution in [0.25, 0.3) is 76.5 Å². The molecule has 0 fully saturated rings. The largest absolute Gasteiger partial charge is 0.342 e. The van der Waals surface area contributed by atoms with Crippen molar-refractivity contribution in [1.82, 2.24) is 34.9 Å². The number of H-pyrrole nitrogens is 2. The number of aromatic nitrogens is 7. The standard InChI is InChI=1S/C29H19N7/c1-14-33-25-19-5-3-16(11-21(19)18-7-8-30-13-23(18)27(25)35-14)17-4-6-20-22(12-17)24-28(32-10-9-31-24)29-26(20)34-15(2)36-29/h3-13H,1-2H3,(H,33,35)(H,34,36). The lowest BCUT2D eigenvalue weighted by Gasteiger charge is -2.10. The lowest BCUT2D eigenvalue weighted by Crippen LogP contribution is -1.89. The van der Waals surface area contributed by atoms with Crippen LogP contribution in [-0.4, -0.2) is 34.9 Å². The van der Waals surface area contributed by atoms with Crippen molar-refractivity contribution in [3.05, 3.63) is 78.9 Å². The fraction of sp³-hybridized carbons (Fsp3) is 0.0690. The van der Waals surface area contributed by atoms with Crippen molar-refractivity contribution in [3.8, 4) is 11.1 Å². The third-order valence-corrected chi connectivity index (χ3v) is 7.10. The Kier molecular flexibility index (Phi) is 3.68. The Bertz CT molecular complexity index is 2030. The molecule has 170 valence electrons. The first-order chi connectivity index (χ1) is 17.7. The fourth-order valence-electron chi connectivity index (χ4n) is 5.57. The van der Waals surface area contributed by atoms with Gasteiger partial charge in [0.15, 0.2) is 0 Å². The maximum Gasteiger partial charge on any atom is 0.117 e. The Morgan fingerprint density at radius 1 is 0.528 bits per heavy atom. The average molecular weight is 466 g/mol. The van der Waals surface area contributed by atoms with Crippen molar-refractivity contribution in [2.75, 3.05) is 0 Å². The highest BCUT2D eigenvalue weighted by Crippen LogP contribution is 2.38. The molecule has 0 atom stereocenters. The zero-order valence-electron chi connectivity index (χ0n) is 19.6. The zero-order chi connectivity index (χ0) is 24.0. The molecule has 0 aliphatic rings. The minimum atomic E-state index is 0.815. The Morgan fingerprint density at radius 2 is 1.17 bits per heavy atom. The molecule has 4 heterocycles. The SMILES string of the molecule is Cc1nc2c3cnccc3c3cc(-c4ccc5c(c4)c4nccnc4c4nc(C)[nH]c54)ccc3c2[nH]1. The van der Waals surface area contributed by atoms with Gasteiger partial charge in [0.1, 0.15) is 22.7 Å². The third kappa shape index (κ3) is 2.54. The number of benzene rings is 4. The summed E-state index contributed by atoms with van der Waals surface area (Å²) in [5.41, 5.74) is 7.80. The smallest absolute Gasteiger partial charge is 0.117 e. The van der Waals surface area contributed by atoms with Gasteiger partial charge in [0.2, 0.25) is 0 Å². The maximum atomic E-state index is 4.75. The van der Waals surface area contributed by atoms with E-state index in [1.165, 1.54) is 5.39 Å². The van der Waals surface area contributed by atoms with E-state index in [-0.39, 0.29) is 0 Å². The number of hydrogen-bond donors (Lipinski definition) is 2. The number of imidazole rings is 2. The molecule has 0 amide bonds. The van der Waals surface area contributed by atoms with E-state index in [1.807, 2.05) is 26.2 Å². The number of fused-ring (bicyclic) bond motifs is 12. The van der Waals surface area contributed by atoms with E-state index >= 15 is 0 Å². The van der Waals surface area contributed by atoms with Crippen LogP contribution in [0.2, 0.25) is 0 Å². The molecule has 0 saturated carbocycles. The molecule has 7 nitrogen and oxygen atoms in total. The second-order valence-electron chi connectivity index (χ2n) is 9.29. The summed E-state index contributed by atoms with van der Waals surface area (Å²) in [7, 11) is 0. The van der Waals surface area contributed by atoms with Crippen molar-refractivity contribution >= 4 is 65.4 Å². The lowest BCUT2D eigenvalue weighted by atomic mass is 9.95. The number of pyridine rings is 1. The molecule has 36 heavy (non-hydrogen) atoms. The number of nitrogens with zero attached hydrogens (tertiary/aromatic N) is 5. The normalized spacial score (nSPS) is 12.2. The second-order valence-corrected chi connectivity index (χ2v) is 9.29. The van der Waals surface area contributed by atoms with Gasteiger partial charge in [-0.25, -0.2) is 9.97 Å². The van der Waals surface area contributed by atoms with Crippen LogP contribution in [0.4, 0.5) is 0 Å². The van der Waals surface area contributed by atoms with Crippen molar-refractivity contribution in [2.45, 2.75) is 13.8 Å².